The van der Waals surface area contributed by atoms with E-state index in [0.29, 0.717) is 18.9 Å². The first kappa shape index (κ1) is 13.1. The summed E-state index contributed by atoms with van der Waals surface area (Å²) >= 11 is 5.80. The second kappa shape index (κ2) is 5.12. The fraction of sp³-hybridized carbons (Fsp3) is 0.500. The lowest BCUT2D eigenvalue weighted by Crippen LogP contribution is -2.45. The average molecular weight is 271 g/mol. The number of halogens is 1. The molecule has 0 spiro atoms. The van der Waals surface area contributed by atoms with Crippen molar-refractivity contribution in [3.05, 3.63) is 22.8 Å². The molecule has 5 nitrogen and oxygen atoms in total. The van der Waals surface area contributed by atoms with Crippen LogP contribution in [0.3, 0.4) is 0 Å². The maximum absolute atomic E-state index is 11.0. The Morgan fingerprint density at radius 2 is 2.06 bits per heavy atom. The van der Waals surface area contributed by atoms with Gasteiger partial charge in [-0.1, -0.05) is 11.6 Å². The summed E-state index contributed by atoms with van der Waals surface area (Å²) in [5, 5.41) is 9.16. The Labute approximate surface area is 110 Å². The molecule has 1 aromatic rings. The molecule has 6 heteroatoms. The van der Waals surface area contributed by atoms with Gasteiger partial charge in [0, 0.05) is 13.1 Å². The van der Waals surface area contributed by atoms with E-state index in [4.69, 9.17) is 21.4 Å². The highest BCUT2D eigenvalue weighted by Gasteiger charge is 2.24. The van der Waals surface area contributed by atoms with E-state index in [-0.39, 0.29) is 22.9 Å². The van der Waals surface area contributed by atoms with Crippen molar-refractivity contribution in [1.82, 2.24) is 4.98 Å². The van der Waals surface area contributed by atoms with E-state index in [9.17, 15) is 4.79 Å². The molecule has 2 unspecified atom stereocenters. The van der Waals surface area contributed by atoms with Gasteiger partial charge in [0.1, 0.15) is 5.82 Å². The number of aromatic carboxylic acids is 1. The van der Waals surface area contributed by atoms with E-state index in [1.54, 1.807) is 12.1 Å². The number of anilines is 1. The number of morpholine rings is 1. The van der Waals surface area contributed by atoms with Gasteiger partial charge in [-0.3, -0.25) is 0 Å². The lowest BCUT2D eigenvalue weighted by molar-refractivity contribution is -0.00546. The van der Waals surface area contributed by atoms with Gasteiger partial charge in [-0.2, -0.15) is 0 Å². The number of pyridine rings is 1. The van der Waals surface area contributed by atoms with Crippen molar-refractivity contribution in [2.24, 2.45) is 0 Å². The molecule has 0 bridgehead atoms. The third-order valence-corrected chi connectivity index (χ3v) is 3.08. The number of hydrogen-bond acceptors (Lipinski definition) is 4. The molecule has 2 rings (SSSR count). The molecule has 98 valence electrons. The molecule has 1 N–H and O–H groups in total. The van der Waals surface area contributed by atoms with Crippen molar-refractivity contribution in [3.63, 3.8) is 0 Å². The second-order valence-electron chi connectivity index (χ2n) is 4.47. The lowest BCUT2D eigenvalue weighted by atomic mass is 10.2. The monoisotopic (exact) mass is 270 g/mol. The second-order valence-corrected chi connectivity index (χ2v) is 4.87. The van der Waals surface area contributed by atoms with Crippen LogP contribution in [0.15, 0.2) is 12.1 Å². The van der Waals surface area contributed by atoms with Crippen LogP contribution >= 0.6 is 11.6 Å². The number of nitrogens with zero attached hydrogens (tertiary/aromatic N) is 2. The zero-order valence-electron chi connectivity index (χ0n) is 10.3. The molecule has 0 amide bonds. The molecule has 2 heterocycles. The molecular weight excluding hydrogens is 256 g/mol. The summed E-state index contributed by atoms with van der Waals surface area (Å²) in [6, 6.07) is 3.30. The zero-order chi connectivity index (χ0) is 13.3. The zero-order valence-corrected chi connectivity index (χ0v) is 11.0. The minimum absolute atomic E-state index is 0.0968. The largest absolute Gasteiger partial charge is 0.476 e. The fourth-order valence-corrected chi connectivity index (χ4v) is 2.31. The van der Waals surface area contributed by atoms with Crippen molar-refractivity contribution < 1.29 is 14.6 Å². The number of aromatic nitrogens is 1. The Bertz CT molecular complexity index is 457. The molecule has 0 aromatic carbocycles. The van der Waals surface area contributed by atoms with Gasteiger partial charge in [0.05, 0.1) is 17.2 Å². The van der Waals surface area contributed by atoms with E-state index in [1.165, 1.54) is 0 Å². The smallest absolute Gasteiger partial charge is 0.356 e. The van der Waals surface area contributed by atoms with Crippen molar-refractivity contribution in [2.75, 3.05) is 18.0 Å². The Hall–Kier alpha value is -1.33. The average Bonchev–Trinajstić information content (AvgIpc) is 2.27. The molecule has 1 aliphatic rings. The quantitative estimate of drug-likeness (QED) is 0.891. The molecule has 0 radical (unpaired) electrons. The van der Waals surface area contributed by atoms with Crippen LogP contribution in [0.2, 0.25) is 5.02 Å². The Kier molecular flexibility index (Phi) is 3.73. The standard InChI is InChI=1S/C12H15ClN2O3/c1-7-5-15(6-8(2)18-7)10-4-3-9(13)11(14-10)12(16)17/h3-4,7-8H,5-6H2,1-2H3,(H,16,17). The van der Waals surface area contributed by atoms with Crippen LogP contribution in [0, 0.1) is 0 Å². The lowest BCUT2D eigenvalue weighted by Gasteiger charge is -2.36. The molecule has 0 aliphatic carbocycles. The van der Waals surface area contributed by atoms with Crippen LogP contribution in [0.4, 0.5) is 5.82 Å². The molecule has 0 saturated carbocycles. The van der Waals surface area contributed by atoms with E-state index >= 15 is 0 Å². The number of carboxylic acids is 1. The molecule has 1 aliphatic heterocycles. The van der Waals surface area contributed by atoms with E-state index in [0.717, 1.165) is 0 Å². The van der Waals surface area contributed by atoms with Crippen LogP contribution in [-0.4, -0.2) is 41.4 Å². The van der Waals surface area contributed by atoms with Crippen molar-refractivity contribution in [1.29, 1.82) is 0 Å². The first-order valence-corrected chi connectivity index (χ1v) is 6.15. The fourth-order valence-electron chi connectivity index (χ4n) is 2.12. The van der Waals surface area contributed by atoms with Gasteiger partial charge < -0.3 is 14.7 Å². The summed E-state index contributed by atoms with van der Waals surface area (Å²) in [7, 11) is 0. The number of ether oxygens (including phenoxy) is 1. The first-order valence-electron chi connectivity index (χ1n) is 5.77. The first-order chi connectivity index (χ1) is 8.47. The van der Waals surface area contributed by atoms with Gasteiger partial charge in [-0.15, -0.1) is 0 Å². The van der Waals surface area contributed by atoms with Gasteiger partial charge in [0.2, 0.25) is 0 Å². The van der Waals surface area contributed by atoms with Gasteiger partial charge >= 0.3 is 5.97 Å². The Balaban J connectivity index is 2.28. The number of carboxylic acid groups (broad SMARTS) is 1. The third-order valence-electron chi connectivity index (χ3n) is 2.78. The summed E-state index contributed by atoms with van der Waals surface area (Å²) in [5.41, 5.74) is -0.110. The molecule has 18 heavy (non-hydrogen) atoms. The van der Waals surface area contributed by atoms with Crippen LogP contribution in [0.5, 0.6) is 0 Å². The number of rotatable bonds is 2. The van der Waals surface area contributed by atoms with Crippen molar-refractivity contribution in [3.8, 4) is 0 Å². The van der Waals surface area contributed by atoms with Crippen LogP contribution in [-0.2, 0) is 4.74 Å². The maximum Gasteiger partial charge on any atom is 0.356 e. The number of carbonyl (C=O) groups is 1. The van der Waals surface area contributed by atoms with Crippen LogP contribution in [0.1, 0.15) is 24.3 Å². The Morgan fingerprint density at radius 1 is 1.44 bits per heavy atom. The summed E-state index contributed by atoms with van der Waals surface area (Å²) < 4.78 is 5.63. The summed E-state index contributed by atoms with van der Waals surface area (Å²) in [6.07, 6.45) is 0.194. The van der Waals surface area contributed by atoms with Gasteiger partial charge in [-0.05, 0) is 26.0 Å². The van der Waals surface area contributed by atoms with E-state index in [1.807, 2.05) is 18.7 Å². The maximum atomic E-state index is 11.0. The normalized spacial score (nSPS) is 24.1. The van der Waals surface area contributed by atoms with E-state index in [2.05, 4.69) is 4.98 Å². The molecular formula is C12H15ClN2O3. The highest BCUT2D eigenvalue weighted by atomic mass is 35.5. The van der Waals surface area contributed by atoms with Gasteiger partial charge in [-0.25, -0.2) is 9.78 Å². The van der Waals surface area contributed by atoms with E-state index < -0.39 is 5.97 Å². The SMILES string of the molecule is CC1CN(c2ccc(Cl)c(C(=O)O)n2)CC(C)O1. The highest BCUT2D eigenvalue weighted by molar-refractivity contribution is 6.33. The predicted octanol–water partition coefficient (Wildman–Crippen LogP) is 2.05. The number of hydrogen-bond donors (Lipinski definition) is 1. The van der Waals surface area contributed by atoms with Crippen LogP contribution in [0.25, 0.3) is 0 Å². The minimum Gasteiger partial charge on any atom is -0.476 e. The summed E-state index contributed by atoms with van der Waals surface area (Å²) in [5.74, 6) is -0.491. The van der Waals surface area contributed by atoms with Gasteiger partial charge in [0.25, 0.3) is 0 Å². The molecule has 2 atom stereocenters. The van der Waals surface area contributed by atoms with Crippen molar-refractivity contribution >= 4 is 23.4 Å². The third kappa shape index (κ3) is 2.73. The molecule has 1 saturated heterocycles. The summed E-state index contributed by atoms with van der Waals surface area (Å²) in [6.45, 7) is 5.35. The van der Waals surface area contributed by atoms with Crippen LogP contribution < -0.4 is 4.90 Å². The van der Waals surface area contributed by atoms with Gasteiger partial charge in [0.15, 0.2) is 5.69 Å². The Morgan fingerprint density at radius 3 is 2.61 bits per heavy atom. The highest BCUT2D eigenvalue weighted by Crippen LogP contribution is 2.22. The molecule has 1 aromatic heterocycles. The predicted molar refractivity (Wildman–Crippen MR) is 68.4 cm³/mol. The summed E-state index contributed by atoms with van der Waals surface area (Å²) in [4.78, 5) is 17.1. The van der Waals surface area contributed by atoms with Crippen molar-refractivity contribution in [2.45, 2.75) is 26.1 Å². The minimum atomic E-state index is -1.11. The molecule has 1 fully saturated rings. The topological polar surface area (TPSA) is 62.7 Å².